The predicted octanol–water partition coefficient (Wildman–Crippen LogP) is 3.20. The Balaban J connectivity index is 1.84. The summed E-state index contributed by atoms with van der Waals surface area (Å²) in [5.74, 6) is -0.163. The lowest BCUT2D eigenvalue weighted by molar-refractivity contribution is -0.120. The molecule has 0 fully saturated rings. The summed E-state index contributed by atoms with van der Waals surface area (Å²) in [5, 5.41) is 6.80. The Kier molecular flexibility index (Phi) is 5.40. The summed E-state index contributed by atoms with van der Waals surface area (Å²) in [5.41, 5.74) is 5.36. The summed E-state index contributed by atoms with van der Waals surface area (Å²) < 4.78 is 0. The van der Waals surface area contributed by atoms with Gasteiger partial charge in [0.15, 0.2) is 0 Å². The number of nitrogens with one attached hydrogen (secondary N) is 1. The van der Waals surface area contributed by atoms with Crippen molar-refractivity contribution in [3.63, 3.8) is 0 Å². The third-order valence-electron chi connectivity index (χ3n) is 2.66. The monoisotopic (exact) mass is 299 g/mol. The Morgan fingerprint density at radius 1 is 1.38 bits per heavy atom. The molecular formula is C16H17N3OS. The van der Waals surface area contributed by atoms with Gasteiger partial charge in [-0.15, -0.1) is 11.3 Å². The van der Waals surface area contributed by atoms with Crippen LogP contribution in [0.1, 0.15) is 23.2 Å². The number of thiazole rings is 1. The van der Waals surface area contributed by atoms with Gasteiger partial charge in [0.05, 0.1) is 23.3 Å². The molecule has 0 unspecified atom stereocenters. The summed E-state index contributed by atoms with van der Waals surface area (Å²) in [6, 6.07) is 9.96. The minimum absolute atomic E-state index is 0.163. The lowest BCUT2D eigenvalue weighted by atomic mass is 10.1. The minimum atomic E-state index is -0.163. The third kappa shape index (κ3) is 5.31. The number of hydrogen-bond donors (Lipinski definition) is 1. The van der Waals surface area contributed by atoms with Crippen LogP contribution in [0.15, 0.2) is 46.4 Å². The molecule has 1 heterocycles. The first-order valence-corrected chi connectivity index (χ1v) is 7.48. The molecule has 1 aromatic heterocycles. The molecule has 0 aliphatic carbocycles. The van der Waals surface area contributed by atoms with Crippen LogP contribution in [-0.2, 0) is 11.2 Å². The van der Waals surface area contributed by atoms with E-state index in [1.807, 2.05) is 55.6 Å². The zero-order valence-electron chi connectivity index (χ0n) is 12.0. The van der Waals surface area contributed by atoms with E-state index in [-0.39, 0.29) is 12.3 Å². The van der Waals surface area contributed by atoms with Crippen LogP contribution in [0.5, 0.6) is 0 Å². The number of nitrogens with zero attached hydrogens (tertiary/aromatic N) is 2. The number of aromatic nitrogens is 1. The highest BCUT2D eigenvalue weighted by Gasteiger charge is 2.04. The summed E-state index contributed by atoms with van der Waals surface area (Å²) in [6.45, 7) is 3.86. The first kappa shape index (κ1) is 15.1. The van der Waals surface area contributed by atoms with Gasteiger partial charge in [-0.3, -0.25) is 4.79 Å². The fraction of sp³-hybridized carbons (Fsp3) is 0.188. The Labute approximate surface area is 128 Å². The maximum atomic E-state index is 11.7. The Morgan fingerprint density at radius 2 is 2.14 bits per heavy atom. The average Bonchev–Trinajstić information content (AvgIpc) is 2.85. The van der Waals surface area contributed by atoms with Gasteiger partial charge in [-0.05, 0) is 25.0 Å². The standard InChI is InChI=1S/C16H17N3OS/c1-12(8-14-6-4-3-5-7-14)10-17-19-16(20)9-15-11-21-13(2)18-15/h3-8,10-11H,9H2,1-2H3,(H,19,20)/b12-8+,17-10-. The summed E-state index contributed by atoms with van der Waals surface area (Å²) in [6.07, 6.45) is 3.89. The minimum Gasteiger partial charge on any atom is -0.273 e. The van der Waals surface area contributed by atoms with E-state index in [0.717, 1.165) is 21.8 Å². The zero-order chi connectivity index (χ0) is 15.1. The number of allylic oxidation sites excluding steroid dienone is 1. The quantitative estimate of drug-likeness (QED) is 0.681. The van der Waals surface area contributed by atoms with Crippen molar-refractivity contribution in [1.29, 1.82) is 0 Å². The molecule has 5 heteroatoms. The van der Waals surface area contributed by atoms with E-state index in [4.69, 9.17) is 0 Å². The van der Waals surface area contributed by atoms with Crippen LogP contribution in [0.3, 0.4) is 0 Å². The van der Waals surface area contributed by atoms with Crippen molar-refractivity contribution >= 4 is 29.5 Å². The van der Waals surface area contributed by atoms with E-state index >= 15 is 0 Å². The Bertz CT molecular complexity index is 659. The summed E-state index contributed by atoms with van der Waals surface area (Å²) in [4.78, 5) is 15.9. The highest BCUT2D eigenvalue weighted by atomic mass is 32.1. The smallest absolute Gasteiger partial charge is 0.246 e. The van der Waals surface area contributed by atoms with E-state index in [0.29, 0.717) is 0 Å². The van der Waals surface area contributed by atoms with Crippen LogP contribution in [0.2, 0.25) is 0 Å². The number of rotatable bonds is 5. The van der Waals surface area contributed by atoms with Gasteiger partial charge >= 0.3 is 0 Å². The van der Waals surface area contributed by atoms with Crippen molar-refractivity contribution in [2.45, 2.75) is 20.3 Å². The molecule has 0 bridgehead atoms. The van der Waals surface area contributed by atoms with Crippen molar-refractivity contribution in [1.82, 2.24) is 10.4 Å². The number of carbonyl (C=O) groups excluding carboxylic acids is 1. The van der Waals surface area contributed by atoms with Gasteiger partial charge in [0.2, 0.25) is 5.91 Å². The van der Waals surface area contributed by atoms with Gasteiger partial charge < -0.3 is 0 Å². The third-order valence-corrected chi connectivity index (χ3v) is 3.48. The largest absolute Gasteiger partial charge is 0.273 e. The van der Waals surface area contributed by atoms with Gasteiger partial charge in [-0.1, -0.05) is 36.4 Å². The molecule has 4 nitrogen and oxygen atoms in total. The molecule has 1 N–H and O–H groups in total. The predicted molar refractivity (Wildman–Crippen MR) is 87.3 cm³/mol. The molecule has 0 saturated carbocycles. The molecule has 0 atom stereocenters. The zero-order valence-corrected chi connectivity index (χ0v) is 12.9. The molecule has 0 spiro atoms. The fourth-order valence-electron chi connectivity index (χ4n) is 1.75. The van der Waals surface area contributed by atoms with Crippen molar-refractivity contribution in [3.05, 3.63) is 57.6 Å². The van der Waals surface area contributed by atoms with Gasteiger partial charge in [0.25, 0.3) is 0 Å². The number of hydrogen-bond acceptors (Lipinski definition) is 4. The Morgan fingerprint density at radius 3 is 2.81 bits per heavy atom. The molecule has 21 heavy (non-hydrogen) atoms. The van der Waals surface area contributed by atoms with Crippen molar-refractivity contribution in [2.75, 3.05) is 0 Å². The lowest BCUT2D eigenvalue weighted by Crippen LogP contribution is -2.19. The molecule has 108 valence electrons. The number of benzene rings is 1. The maximum absolute atomic E-state index is 11.7. The second-order valence-corrected chi connectivity index (χ2v) is 5.69. The van der Waals surface area contributed by atoms with Crippen LogP contribution < -0.4 is 5.43 Å². The second kappa shape index (κ2) is 7.50. The molecule has 2 rings (SSSR count). The van der Waals surface area contributed by atoms with Crippen LogP contribution in [0, 0.1) is 6.92 Å². The van der Waals surface area contributed by atoms with E-state index in [1.54, 1.807) is 6.21 Å². The van der Waals surface area contributed by atoms with Crippen molar-refractivity contribution in [2.24, 2.45) is 5.10 Å². The fourth-order valence-corrected chi connectivity index (χ4v) is 2.36. The lowest BCUT2D eigenvalue weighted by Gasteiger charge is -1.97. The molecule has 0 radical (unpaired) electrons. The maximum Gasteiger partial charge on any atom is 0.246 e. The van der Waals surface area contributed by atoms with Crippen LogP contribution >= 0.6 is 11.3 Å². The number of amides is 1. The molecular weight excluding hydrogens is 282 g/mol. The van der Waals surface area contributed by atoms with E-state index in [2.05, 4.69) is 15.5 Å². The van der Waals surface area contributed by atoms with Crippen LogP contribution in [0.25, 0.3) is 6.08 Å². The molecule has 0 aliphatic heterocycles. The summed E-state index contributed by atoms with van der Waals surface area (Å²) >= 11 is 1.54. The molecule has 1 amide bonds. The van der Waals surface area contributed by atoms with Gasteiger partial charge in [0.1, 0.15) is 0 Å². The number of hydrazone groups is 1. The van der Waals surface area contributed by atoms with E-state index in [1.165, 1.54) is 11.3 Å². The normalized spacial score (nSPS) is 11.8. The van der Waals surface area contributed by atoms with Crippen LogP contribution in [-0.4, -0.2) is 17.1 Å². The molecule has 1 aromatic carbocycles. The molecule has 0 saturated heterocycles. The number of carbonyl (C=O) groups is 1. The first-order valence-electron chi connectivity index (χ1n) is 6.60. The topological polar surface area (TPSA) is 54.4 Å². The van der Waals surface area contributed by atoms with Gasteiger partial charge in [-0.25, -0.2) is 10.4 Å². The van der Waals surface area contributed by atoms with Crippen LogP contribution in [0.4, 0.5) is 0 Å². The Hall–Kier alpha value is -2.27. The second-order valence-electron chi connectivity index (χ2n) is 4.63. The van der Waals surface area contributed by atoms with E-state index in [9.17, 15) is 4.79 Å². The average molecular weight is 299 g/mol. The number of aryl methyl sites for hydroxylation is 1. The van der Waals surface area contributed by atoms with Gasteiger partial charge in [-0.2, -0.15) is 5.10 Å². The highest BCUT2D eigenvalue weighted by Crippen LogP contribution is 2.08. The van der Waals surface area contributed by atoms with Crippen molar-refractivity contribution < 1.29 is 4.79 Å². The van der Waals surface area contributed by atoms with E-state index < -0.39 is 0 Å². The summed E-state index contributed by atoms with van der Waals surface area (Å²) in [7, 11) is 0. The van der Waals surface area contributed by atoms with Gasteiger partial charge in [0, 0.05) is 5.38 Å². The molecule has 2 aromatic rings. The first-order chi connectivity index (χ1) is 10.1. The highest BCUT2D eigenvalue weighted by molar-refractivity contribution is 7.09. The van der Waals surface area contributed by atoms with Crippen molar-refractivity contribution in [3.8, 4) is 0 Å². The molecule has 0 aliphatic rings. The SMILES string of the molecule is CC(/C=N\NC(=O)Cc1csc(C)n1)=C\c1ccccc1.